The van der Waals surface area contributed by atoms with Crippen molar-refractivity contribution in [3.05, 3.63) is 48.0 Å². The van der Waals surface area contributed by atoms with E-state index >= 15 is 0 Å². The smallest absolute Gasteiger partial charge is 0.234 e. The number of hydrogen-bond donors (Lipinski definition) is 2. The Labute approximate surface area is 113 Å². The molecule has 3 nitrogen and oxygen atoms in total. The number of hydrogen-bond acceptors (Lipinski definition) is 2. The number of benzene rings is 2. The van der Waals surface area contributed by atoms with Gasteiger partial charge in [0.25, 0.3) is 0 Å². The first-order chi connectivity index (χ1) is 9.31. The predicted molar refractivity (Wildman–Crippen MR) is 77.5 cm³/mol. The molecule has 0 aliphatic rings. The minimum Gasteiger partial charge on any atom is -0.351 e. The number of carbonyl (C=O) groups is 1. The summed E-state index contributed by atoms with van der Waals surface area (Å²) < 4.78 is 0. The second-order valence-electron chi connectivity index (χ2n) is 4.22. The highest BCUT2D eigenvalue weighted by Gasteiger charge is 2.03. The lowest BCUT2D eigenvalue weighted by Crippen LogP contribution is -2.33. The maximum atomic E-state index is 11.6. The van der Waals surface area contributed by atoms with E-state index in [4.69, 9.17) is 6.42 Å². The molecular weight excluding hydrogens is 236 g/mol. The molecule has 0 aliphatic carbocycles. The number of carbonyl (C=O) groups excluding carboxylic acids is 1. The molecule has 3 heteroatoms. The molecule has 1 amide bonds. The predicted octanol–water partition coefficient (Wildman–Crippen LogP) is 1.68. The fourth-order valence-electron chi connectivity index (χ4n) is 1.95. The summed E-state index contributed by atoms with van der Waals surface area (Å²) in [6.07, 6.45) is 5.10. The normalized spacial score (nSPS) is 10.1. The van der Waals surface area contributed by atoms with Crippen molar-refractivity contribution in [2.45, 2.75) is 6.54 Å². The summed E-state index contributed by atoms with van der Waals surface area (Å²) >= 11 is 0. The molecular formula is C16H16N2O. The van der Waals surface area contributed by atoms with Crippen molar-refractivity contribution in [2.75, 3.05) is 13.1 Å². The summed E-state index contributed by atoms with van der Waals surface area (Å²) in [7, 11) is 0. The quantitative estimate of drug-likeness (QED) is 0.628. The van der Waals surface area contributed by atoms with Gasteiger partial charge in [0.2, 0.25) is 5.91 Å². The second-order valence-corrected chi connectivity index (χ2v) is 4.22. The molecule has 0 spiro atoms. The third-order valence-electron chi connectivity index (χ3n) is 2.87. The van der Waals surface area contributed by atoms with Crippen LogP contribution < -0.4 is 10.6 Å². The summed E-state index contributed by atoms with van der Waals surface area (Å²) in [6.45, 7) is 1.18. The first-order valence-corrected chi connectivity index (χ1v) is 6.19. The van der Waals surface area contributed by atoms with Gasteiger partial charge in [-0.25, -0.2) is 0 Å². The highest BCUT2D eigenvalue weighted by atomic mass is 16.1. The molecule has 2 N–H and O–H groups in total. The molecule has 0 saturated carbocycles. The molecule has 19 heavy (non-hydrogen) atoms. The van der Waals surface area contributed by atoms with E-state index in [2.05, 4.69) is 34.8 Å². The van der Waals surface area contributed by atoms with Crippen LogP contribution in [0.2, 0.25) is 0 Å². The minimum absolute atomic E-state index is 0.0526. The molecule has 0 fully saturated rings. The Morgan fingerprint density at radius 3 is 2.79 bits per heavy atom. The monoisotopic (exact) mass is 252 g/mol. The lowest BCUT2D eigenvalue weighted by Gasteiger charge is -2.08. The zero-order valence-electron chi connectivity index (χ0n) is 10.6. The lowest BCUT2D eigenvalue weighted by atomic mass is 10.0. The molecule has 2 aromatic rings. The van der Waals surface area contributed by atoms with Gasteiger partial charge in [-0.05, 0) is 16.3 Å². The van der Waals surface area contributed by atoms with Crippen molar-refractivity contribution in [3.63, 3.8) is 0 Å². The second kappa shape index (κ2) is 6.58. The van der Waals surface area contributed by atoms with Gasteiger partial charge in [0.15, 0.2) is 0 Å². The molecule has 2 rings (SSSR count). The number of nitrogens with one attached hydrogen (secondary N) is 2. The van der Waals surface area contributed by atoms with E-state index in [9.17, 15) is 4.79 Å². The number of fused-ring (bicyclic) bond motifs is 1. The Morgan fingerprint density at radius 1 is 1.16 bits per heavy atom. The molecule has 0 heterocycles. The summed E-state index contributed by atoms with van der Waals surface area (Å²) in [4.78, 5) is 11.6. The maximum Gasteiger partial charge on any atom is 0.234 e. The van der Waals surface area contributed by atoms with Crippen LogP contribution in [0.5, 0.6) is 0 Å². The molecule has 0 bridgehead atoms. The zero-order chi connectivity index (χ0) is 13.5. The van der Waals surface area contributed by atoms with Crippen LogP contribution in [0.15, 0.2) is 42.5 Å². The van der Waals surface area contributed by atoms with Crippen LogP contribution in [0.4, 0.5) is 0 Å². The van der Waals surface area contributed by atoms with Crippen LogP contribution in [0, 0.1) is 12.3 Å². The van der Waals surface area contributed by atoms with E-state index < -0.39 is 0 Å². The summed E-state index contributed by atoms with van der Waals surface area (Å²) in [5, 5.41) is 8.09. The van der Waals surface area contributed by atoms with Crippen molar-refractivity contribution in [3.8, 4) is 12.3 Å². The molecule has 0 unspecified atom stereocenters. The highest BCUT2D eigenvalue weighted by Crippen LogP contribution is 2.17. The minimum atomic E-state index is -0.0526. The molecule has 0 atom stereocenters. The summed E-state index contributed by atoms with van der Waals surface area (Å²) in [5.74, 6) is 2.38. The molecule has 0 aromatic heterocycles. The van der Waals surface area contributed by atoms with Gasteiger partial charge in [-0.3, -0.25) is 10.1 Å². The Morgan fingerprint density at radius 2 is 1.95 bits per heavy atom. The molecule has 96 valence electrons. The lowest BCUT2D eigenvalue weighted by molar-refractivity contribution is -0.120. The van der Waals surface area contributed by atoms with E-state index in [1.54, 1.807) is 0 Å². The van der Waals surface area contributed by atoms with Crippen LogP contribution >= 0.6 is 0 Å². The maximum absolute atomic E-state index is 11.6. The van der Waals surface area contributed by atoms with Crippen molar-refractivity contribution >= 4 is 16.7 Å². The van der Waals surface area contributed by atoms with E-state index in [0.717, 1.165) is 5.56 Å². The van der Waals surface area contributed by atoms with Gasteiger partial charge in [0.05, 0.1) is 13.1 Å². The van der Waals surface area contributed by atoms with Gasteiger partial charge in [-0.1, -0.05) is 48.4 Å². The van der Waals surface area contributed by atoms with Gasteiger partial charge in [-0.15, -0.1) is 6.42 Å². The average Bonchev–Trinajstić information content (AvgIpc) is 2.45. The Kier molecular flexibility index (Phi) is 4.54. The topological polar surface area (TPSA) is 41.1 Å². The van der Waals surface area contributed by atoms with Gasteiger partial charge in [0, 0.05) is 6.54 Å². The first kappa shape index (κ1) is 13.1. The number of amides is 1. The van der Waals surface area contributed by atoms with Crippen molar-refractivity contribution in [1.82, 2.24) is 10.6 Å². The Bertz CT molecular complexity index is 608. The summed E-state index contributed by atoms with van der Waals surface area (Å²) in [6, 6.07) is 14.2. The Hall–Kier alpha value is -2.31. The van der Waals surface area contributed by atoms with Crippen LogP contribution in [-0.4, -0.2) is 19.0 Å². The zero-order valence-corrected chi connectivity index (χ0v) is 10.6. The molecule has 0 aliphatic heterocycles. The number of terminal acetylenes is 1. The number of rotatable bonds is 5. The van der Waals surface area contributed by atoms with Gasteiger partial charge in [-0.2, -0.15) is 0 Å². The van der Waals surface area contributed by atoms with E-state index in [1.165, 1.54) is 10.8 Å². The SMILES string of the molecule is C#CCNCC(=O)NCc1cccc2ccccc12. The largest absolute Gasteiger partial charge is 0.351 e. The van der Waals surface area contributed by atoms with Crippen LogP contribution in [-0.2, 0) is 11.3 Å². The van der Waals surface area contributed by atoms with Crippen LogP contribution in [0.3, 0.4) is 0 Å². The molecule has 0 saturated heterocycles. The van der Waals surface area contributed by atoms with Gasteiger partial charge >= 0.3 is 0 Å². The Balaban J connectivity index is 1.98. The first-order valence-electron chi connectivity index (χ1n) is 6.19. The molecule has 2 aromatic carbocycles. The fourth-order valence-corrected chi connectivity index (χ4v) is 1.95. The van der Waals surface area contributed by atoms with E-state index in [1.807, 2.05) is 24.3 Å². The van der Waals surface area contributed by atoms with Crippen molar-refractivity contribution in [1.29, 1.82) is 0 Å². The summed E-state index contributed by atoms with van der Waals surface area (Å²) in [5.41, 5.74) is 1.11. The van der Waals surface area contributed by atoms with E-state index in [0.29, 0.717) is 13.1 Å². The standard InChI is InChI=1S/C16H16N2O/c1-2-10-17-12-16(19)18-11-14-8-5-7-13-6-3-4-9-15(13)14/h1,3-9,17H,10-12H2,(H,18,19). The van der Waals surface area contributed by atoms with Crippen LogP contribution in [0.1, 0.15) is 5.56 Å². The van der Waals surface area contributed by atoms with Gasteiger partial charge < -0.3 is 5.32 Å². The molecule has 0 radical (unpaired) electrons. The van der Waals surface area contributed by atoms with E-state index in [-0.39, 0.29) is 12.5 Å². The van der Waals surface area contributed by atoms with Crippen molar-refractivity contribution in [2.24, 2.45) is 0 Å². The van der Waals surface area contributed by atoms with Crippen LogP contribution in [0.25, 0.3) is 10.8 Å². The van der Waals surface area contributed by atoms with Crippen molar-refractivity contribution < 1.29 is 4.79 Å². The van der Waals surface area contributed by atoms with Gasteiger partial charge in [0.1, 0.15) is 0 Å². The third kappa shape index (κ3) is 3.57. The fraction of sp³-hybridized carbons (Fsp3) is 0.188. The average molecular weight is 252 g/mol. The third-order valence-corrected chi connectivity index (χ3v) is 2.87. The highest BCUT2D eigenvalue weighted by molar-refractivity contribution is 5.86.